The van der Waals surface area contributed by atoms with E-state index < -0.39 is 21.7 Å². The monoisotopic (exact) mass is 395 g/mol. The highest BCUT2D eigenvalue weighted by Crippen LogP contribution is 2.27. The van der Waals surface area contributed by atoms with Crippen LogP contribution >= 0.6 is 0 Å². The zero-order valence-electron chi connectivity index (χ0n) is 15.1. The van der Waals surface area contributed by atoms with Crippen molar-refractivity contribution >= 4 is 9.84 Å². The summed E-state index contributed by atoms with van der Waals surface area (Å²) in [7, 11) is -3.35. The number of nitrogens with zero attached hydrogens (tertiary/aromatic N) is 1. The molecule has 1 saturated heterocycles. The van der Waals surface area contributed by atoms with Gasteiger partial charge in [0.25, 0.3) is 0 Å². The minimum absolute atomic E-state index is 0.168. The van der Waals surface area contributed by atoms with Crippen LogP contribution in [0.15, 0.2) is 53.4 Å². The Bertz CT molecular complexity index is 861. The molecule has 1 fully saturated rings. The van der Waals surface area contributed by atoms with E-state index in [1.54, 1.807) is 30.3 Å². The van der Waals surface area contributed by atoms with E-state index in [0.717, 1.165) is 5.56 Å². The van der Waals surface area contributed by atoms with Crippen LogP contribution in [0.5, 0.6) is 5.75 Å². The molecule has 146 valence electrons. The van der Waals surface area contributed by atoms with E-state index >= 15 is 0 Å². The number of para-hydroxylation sites is 1. The third-order valence-corrected chi connectivity index (χ3v) is 7.18. The molecule has 0 N–H and O–H groups in total. The summed E-state index contributed by atoms with van der Waals surface area (Å²) >= 11 is 0. The van der Waals surface area contributed by atoms with Crippen molar-refractivity contribution in [2.75, 3.05) is 13.1 Å². The van der Waals surface area contributed by atoms with Gasteiger partial charge in [0, 0.05) is 12.1 Å². The van der Waals surface area contributed by atoms with Crippen molar-refractivity contribution in [2.45, 2.75) is 43.1 Å². The van der Waals surface area contributed by atoms with Crippen LogP contribution in [0, 0.1) is 6.92 Å². The molecule has 0 radical (unpaired) electrons. The van der Waals surface area contributed by atoms with Crippen molar-refractivity contribution < 1.29 is 21.9 Å². The molecule has 0 unspecified atom stereocenters. The molecule has 4 nitrogen and oxygen atoms in total. The van der Waals surface area contributed by atoms with Gasteiger partial charge in [-0.15, -0.1) is 0 Å². The molecule has 1 aliphatic rings. The second-order valence-corrected chi connectivity index (χ2v) is 9.05. The fourth-order valence-electron chi connectivity index (χ4n) is 3.38. The molecule has 0 aliphatic carbocycles. The van der Waals surface area contributed by atoms with Gasteiger partial charge in [0.15, 0.2) is 9.84 Å². The van der Waals surface area contributed by atoms with Crippen molar-refractivity contribution in [1.29, 1.82) is 0 Å². The smallest absolute Gasteiger partial charge is 0.387 e. The Morgan fingerprint density at radius 2 is 1.70 bits per heavy atom. The largest absolute Gasteiger partial charge is 0.434 e. The van der Waals surface area contributed by atoms with Crippen LogP contribution in [0.25, 0.3) is 0 Å². The molecule has 0 bridgehead atoms. The van der Waals surface area contributed by atoms with Crippen LogP contribution in [0.3, 0.4) is 0 Å². The molecule has 2 aromatic rings. The number of halogens is 2. The number of piperidine rings is 1. The second kappa shape index (κ2) is 8.35. The van der Waals surface area contributed by atoms with Crippen molar-refractivity contribution in [3.63, 3.8) is 0 Å². The lowest BCUT2D eigenvalue weighted by atomic mass is 10.1. The first-order valence-electron chi connectivity index (χ1n) is 8.92. The van der Waals surface area contributed by atoms with E-state index in [9.17, 15) is 17.2 Å². The normalized spacial score (nSPS) is 16.6. The molecule has 1 aliphatic heterocycles. The predicted molar refractivity (Wildman–Crippen MR) is 99.7 cm³/mol. The van der Waals surface area contributed by atoms with Gasteiger partial charge in [-0.3, -0.25) is 4.90 Å². The number of ether oxygens (including phenoxy) is 1. The summed E-state index contributed by atoms with van der Waals surface area (Å²) in [6, 6.07) is 13.7. The molecular weight excluding hydrogens is 372 g/mol. The molecule has 0 aromatic heterocycles. The van der Waals surface area contributed by atoms with Crippen LogP contribution in [0.1, 0.15) is 24.0 Å². The van der Waals surface area contributed by atoms with E-state index in [0.29, 0.717) is 42.9 Å². The number of benzene rings is 2. The third-order valence-electron chi connectivity index (χ3n) is 4.91. The number of rotatable bonds is 6. The SMILES string of the molecule is Cc1ccc(S(=O)(=O)C2CCN(Cc3ccccc3OC(F)F)CC2)cc1. The van der Waals surface area contributed by atoms with Crippen LogP contribution in [0.4, 0.5) is 8.78 Å². The minimum Gasteiger partial charge on any atom is -0.434 e. The molecular formula is C20H23F2NO3S. The topological polar surface area (TPSA) is 46.6 Å². The lowest BCUT2D eigenvalue weighted by Gasteiger charge is -2.32. The Hall–Kier alpha value is -1.99. The van der Waals surface area contributed by atoms with Gasteiger partial charge in [0.05, 0.1) is 10.1 Å². The van der Waals surface area contributed by atoms with Crippen molar-refractivity contribution in [3.05, 3.63) is 59.7 Å². The predicted octanol–water partition coefficient (Wildman–Crippen LogP) is 4.03. The van der Waals surface area contributed by atoms with E-state index in [2.05, 4.69) is 9.64 Å². The molecule has 0 saturated carbocycles. The maximum Gasteiger partial charge on any atom is 0.387 e. The van der Waals surface area contributed by atoms with Crippen molar-refractivity contribution in [1.82, 2.24) is 4.90 Å². The fourth-order valence-corrected chi connectivity index (χ4v) is 5.12. The van der Waals surface area contributed by atoms with Crippen LogP contribution < -0.4 is 4.74 Å². The van der Waals surface area contributed by atoms with E-state index in [-0.39, 0.29) is 5.75 Å². The maximum absolute atomic E-state index is 12.8. The number of hydrogen-bond donors (Lipinski definition) is 0. The number of sulfone groups is 1. The third kappa shape index (κ3) is 4.84. The summed E-state index contributed by atoms with van der Waals surface area (Å²) < 4.78 is 55.3. The lowest BCUT2D eigenvalue weighted by molar-refractivity contribution is -0.0508. The summed E-state index contributed by atoms with van der Waals surface area (Å²) in [6.07, 6.45) is 1.04. The van der Waals surface area contributed by atoms with Crippen molar-refractivity contribution in [3.8, 4) is 5.75 Å². The molecule has 0 atom stereocenters. The molecule has 1 heterocycles. The lowest BCUT2D eigenvalue weighted by Crippen LogP contribution is -2.39. The Balaban J connectivity index is 1.63. The fraction of sp³-hybridized carbons (Fsp3) is 0.400. The Morgan fingerprint density at radius 3 is 2.33 bits per heavy atom. The van der Waals surface area contributed by atoms with Crippen LogP contribution in [-0.4, -0.2) is 38.3 Å². The van der Waals surface area contributed by atoms with Gasteiger partial charge in [-0.05, 0) is 51.1 Å². The summed E-state index contributed by atoms with van der Waals surface area (Å²) in [4.78, 5) is 2.44. The molecule has 0 amide bonds. The quantitative estimate of drug-likeness (QED) is 0.741. The molecule has 27 heavy (non-hydrogen) atoms. The summed E-state index contributed by atoms with van der Waals surface area (Å²) in [5.41, 5.74) is 1.70. The highest BCUT2D eigenvalue weighted by molar-refractivity contribution is 7.92. The molecule has 0 spiro atoms. The second-order valence-electron chi connectivity index (χ2n) is 6.82. The van der Waals surface area contributed by atoms with E-state index in [4.69, 9.17) is 0 Å². The van der Waals surface area contributed by atoms with Gasteiger partial charge >= 0.3 is 6.61 Å². The first-order valence-corrected chi connectivity index (χ1v) is 10.5. The first kappa shape index (κ1) is 19.8. The number of likely N-dealkylation sites (tertiary alicyclic amines) is 1. The van der Waals surface area contributed by atoms with Crippen LogP contribution in [-0.2, 0) is 16.4 Å². The van der Waals surface area contributed by atoms with E-state index in [1.165, 1.54) is 6.07 Å². The van der Waals surface area contributed by atoms with Gasteiger partial charge in [0.1, 0.15) is 5.75 Å². The summed E-state index contributed by atoms with van der Waals surface area (Å²) in [5, 5.41) is -0.413. The summed E-state index contributed by atoms with van der Waals surface area (Å²) in [5.74, 6) is 0.168. The Kier molecular flexibility index (Phi) is 6.11. The highest BCUT2D eigenvalue weighted by atomic mass is 32.2. The zero-order valence-corrected chi connectivity index (χ0v) is 16.0. The maximum atomic E-state index is 12.8. The number of alkyl halides is 2. The Morgan fingerprint density at radius 1 is 1.07 bits per heavy atom. The number of aryl methyl sites for hydroxylation is 1. The van der Waals surface area contributed by atoms with E-state index in [1.807, 2.05) is 19.1 Å². The van der Waals surface area contributed by atoms with Gasteiger partial charge in [-0.2, -0.15) is 8.78 Å². The average Bonchev–Trinajstić information content (AvgIpc) is 2.64. The highest BCUT2D eigenvalue weighted by Gasteiger charge is 2.31. The van der Waals surface area contributed by atoms with Crippen molar-refractivity contribution in [2.24, 2.45) is 0 Å². The Labute approximate surface area is 158 Å². The van der Waals surface area contributed by atoms with Gasteiger partial charge < -0.3 is 4.74 Å². The average molecular weight is 395 g/mol. The standard InChI is InChI=1S/C20H23F2NO3S/c1-15-6-8-17(9-7-15)27(24,25)18-10-12-23(13-11-18)14-16-4-2-3-5-19(16)26-20(21)22/h2-9,18,20H,10-14H2,1H3. The summed E-state index contributed by atoms with van der Waals surface area (Å²) in [6.45, 7) is 0.707. The minimum atomic E-state index is -3.35. The van der Waals surface area contributed by atoms with Gasteiger partial charge in [0.2, 0.25) is 0 Å². The first-order chi connectivity index (χ1) is 12.9. The molecule has 2 aromatic carbocycles. The van der Waals surface area contributed by atoms with Gasteiger partial charge in [-0.25, -0.2) is 8.42 Å². The molecule has 7 heteroatoms. The molecule has 3 rings (SSSR count). The zero-order chi connectivity index (χ0) is 19.4. The van der Waals surface area contributed by atoms with Crippen LogP contribution in [0.2, 0.25) is 0 Å². The van der Waals surface area contributed by atoms with Gasteiger partial charge in [-0.1, -0.05) is 35.9 Å². The number of hydrogen-bond acceptors (Lipinski definition) is 4.